The summed E-state index contributed by atoms with van der Waals surface area (Å²) >= 11 is 0. The maximum atomic E-state index is 10.5. The average molecular weight is 813 g/mol. The molecule has 0 aromatic rings. The normalized spacial score (nSPS) is 15.0. The Morgan fingerprint density at radius 1 is 0.646 bits per heavy atom. The molecular formula is C22H57O21P5. The second kappa shape index (κ2) is 31.0. The lowest BCUT2D eigenvalue weighted by Crippen LogP contribution is -2.19. The van der Waals surface area contributed by atoms with Gasteiger partial charge in [-0.3, -0.25) is 4.52 Å². The van der Waals surface area contributed by atoms with Crippen LogP contribution in [-0.2, 0) is 50.1 Å². The zero-order valence-electron chi connectivity index (χ0n) is 28.0. The number of aliphatic hydroxyl groups is 1. The highest BCUT2D eigenvalue weighted by molar-refractivity contribution is 7.66. The molecule has 0 rings (SSSR count). The average Bonchev–Trinajstić information content (AvgIpc) is 2.88. The topological polar surface area (TPSA) is 346 Å². The summed E-state index contributed by atoms with van der Waals surface area (Å²) in [6, 6.07) is 0. The van der Waals surface area contributed by atoms with Crippen LogP contribution in [0.1, 0.15) is 107 Å². The molecule has 0 aliphatic carbocycles. The Bertz CT molecular complexity index is 947. The van der Waals surface area contributed by atoms with Gasteiger partial charge in [-0.25, -0.2) is 23.5 Å². The van der Waals surface area contributed by atoms with Crippen molar-refractivity contribution in [3.8, 4) is 0 Å². The van der Waals surface area contributed by atoms with E-state index in [1.54, 1.807) is 13.8 Å². The number of phosphoric acid groups is 4. The molecule has 0 aliphatic rings. The molecule has 0 aromatic carbocycles. The van der Waals surface area contributed by atoms with E-state index in [4.69, 9.17) is 63.5 Å². The molecule has 5 unspecified atom stereocenters. The molecule has 0 saturated carbocycles. The Balaban J connectivity index is -0.000000184. The smallest absolute Gasteiger partial charge is 0.521 e. The molecule has 0 radical (unpaired) electrons. The Kier molecular flexibility index (Phi) is 35.6. The van der Waals surface area contributed by atoms with Crippen molar-refractivity contribution in [2.24, 2.45) is 0 Å². The first-order valence-electron chi connectivity index (χ1n) is 14.7. The second-order valence-corrected chi connectivity index (χ2v) is 16.2. The summed E-state index contributed by atoms with van der Waals surface area (Å²) in [7, 11) is -23.6. The van der Waals surface area contributed by atoms with Gasteiger partial charge in [-0.15, -0.1) is 0 Å². The second-order valence-electron chi connectivity index (χ2n) is 10.2. The summed E-state index contributed by atoms with van der Waals surface area (Å²) in [5.74, 6) is 0. The standard InChI is InChI=1S/C11H25O5P.C11H24O2.H5O10P3.HO4P.H2/c1-4-5-6-7-8-10(2)15-9-11(3)16-17(12,13)14;1-4-5-6-7-8-11(3)13-9-10(2)12;1-11(2,3)9-13(7,8)10-12(4,5)6;1-4-5(2)3;/h10-11H,4-9H2,1-3H3,(H2,12,13,14);10-12H,4-9H2,1-3H3;(H,7,8)(H2,1,2,3)(H2,4,5,6);1H;1H. The SMILES string of the molecule is CCCCCCC(C)OCC(C)O.CCCCCCC(C)OCC(C)OP(=O)(O)O.O=P(O)(O)OP(=O)(O)OP(=O)(O)O.O=[P+]([O-])OO.[HH]. The van der Waals surface area contributed by atoms with Crippen molar-refractivity contribution in [1.29, 1.82) is 0 Å². The molecule has 0 heterocycles. The lowest BCUT2D eigenvalue weighted by Gasteiger charge is -2.17. The highest BCUT2D eigenvalue weighted by Crippen LogP contribution is 2.64. The van der Waals surface area contributed by atoms with E-state index in [9.17, 15) is 18.3 Å². The van der Waals surface area contributed by atoms with E-state index in [2.05, 4.69) is 38.6 Å². The molecule has 0 aromatic heterocycles. The molecule has 9 N–H and O–H groups in total. The van der Waals surface area contributed by atoms with Gasteiger partial charge in [-0.1, -0.05) is 65.2 Å². The summed E-state index contributed by atoms with van der Waals surface area (Å²) in [5, 5.41) is 16.0. The third-order valence-electron chi connectivity index (χ3n) is 4.97. The number of hydrogen-bond donors (Lipinski definition) is 9. The molecule has 21 nitrogen and oxygen atoms in total. The molecule has 0 spiro atoms. The summed E-state index contributed by atoms with van der Waals surface area (Å²) in [5.41, 5.74) is 0. The van der Waals surface area contributed by atoms with Gasteiger partial charge in [0.15, 0.2) is 0 Å². The highest BCUT2D eigenvalue weighted by atomic mass is 31.3. The lowest BCUT2D eigenvalue weighted by molar-refractivity contribution is -0.244. The van der Waals surface area contributed by atoms with Crippen molar-refractivity contribution < 1.29 is 101 Å². The summed E-state index contributed by atoms with van der Waals surface area (Å²) in [6.45, 7) is 12.4. The maximum Gasteiger partial charge on any atom is 0.521 e. The van der Waals surface area contributed by atoms with E-state index in [0.717, 1.165) is 19.3 Å². The van der Waals surface area contributed by atoms with Gasteiger partial charge >= 0.3 is 39.5 Å². The van der Waals surface area contributed by atoms with E-state index in [1.165, 1.54) is 44.9 Å². The Morgan fingerprint density at radius 3 is 1.27 bits per heavy atom. The highest BCUT2D eigenvalue weighted by Gasteiger charge is 2.38. The van der Waals surface area contributed by atoms with Crippen LogP contribution in [-0.4, -0.2) is 82.2 Å². The molecule has 0 fully saturated rings. The van der Waals surface area contributed by atoms with Gasteiger partial charge in [0.25, 0.3) is 0 Å². The van der Waals surface area contributed by atoms with Crippen LogP contribution in [0.4, 0.5) is 0 Å². The number of rotatable bonds is 23. The Labute approximate surface area is 284 Å². The van der Waals surface area contributed by atoms with Crippen molar-refractivity contribution in [3.05, 3.63) is 0 Å². The maximum absolute atomic E-state index is 10.5. The van der Waals surface area contributed by atoms with Gasteiger partial charge in [-0.05, 0) is 45.1 Å². The molecule has 0 aliphatic heterocycles. The fourth-order valence-electron chi connectivity index (χ4n) is 3.04. The van der Waals surface area contributed by atoms with Gasteiger partial charge in [0.1, 0.15) is 0 Å². The van der Waals surface area contributed by atoms with E-state index >= 15 is 0 Å². The molecule has 26 heteroatoms. The van der Waals surface area contributed by atoms with Gasteiger partial charge in [0.05, 0.1) is 37.6 Å². The van der Waals surface area contributed by atoms with Gasteiger partial charge < -0.3 is 53.7 Å². The van der Waals surface area contributed by atoms with E-state index in [1.807, 2.05) is 6.92 Å². The van der Waals surface area contributed by atoms with Gasteiger partial charge in [0.2, 0.25) is 0 Å². The summed E-state index contributed by atoms with van der Waals surface area (Å²) in [6.07, 6.45) is 11.5. The minimum absolute atomic E-state index is 0. The van der Waals surface area contributed by atoms with Crippen molar-refractivity contribution in [2.45, 2.75) is 130 Å². The van der Waals surface area contributed by atoms with Crippen molar-refractivity contribution in [1.82, 2.24) is 0 Å². The number of unbranched alkanes of at least 4 members (excludes halogenated alkanes) is 6. The van der Waals surface area contributed by atoms with Crippen LogP contribution in [0.3, 0.4) is 0 Å². The van der Waals surface area contributed by atoms with Crippen LogP contribution in [0.15, 0.2) is 0 Å². The predicted octanol–water partition coefficient (Wildman–Crippen LogP) is 4.65. The summed E-state index contributed by atoms with van der Waals surface area (Å²) < 4.78 is 73.9. The van der Waals surface area contributed by atoms with Crippen LogP contribution < -0.4 is 4.89 Å². The number of aliphatic hydroxyl groups excluding tert-OH is 1. The minimum Gasteiger partial charge on any atom is -0.565 e. The number of ether oxygens (including phenoxy) is 2. The van der Waals surface area contributed by atoms with Gasteiger partial charge in [0, 0.05) is 6.10 Å². The predicted molar refractivity (Wildman–Crippen MR) is 172 cm³/mol. The number of hydrogen-bond acceptors (Lipinski definition) is 14. The van der Waals surface area contributed by atoms with E-state index in [0.29, 0.717) is 12.7 Å². The Hall–Kier alpha value is 0.380. The monoisotopic (exact) mass is 812 g/mol. The van der Waals surface area contributed by atoms with Crippen molar-refractivity contribution in [3.63, 3.8) is 0 Å². The third kappa shape index (κ3) is 55.8. The van der Waals surface area contributed by atoms with Crippen LogP contribution in [0.5, 0.6) is 0 Å². The zero-order valence-corrected chi connectivity index (χ0v) is 32.4. The third-order valence-corrected chi connectivity index (χ3v) is 9.09. The molecule has 48 heavy (non-hydrogen) atoms. The van der Waals surface area contributed by atoms with Crippen LogP contribution in [0.25, 0.3) is 0 Å². The fourth-order valence-corrected chi connectivity index (χ4v) is 6.10. The van der Waals surface area contributed by atoms with Crippen LogP contribution >= 0.6 is 39.5 Å². The van der Waals surface area contributed by atoms with Crippen molar-refractivity contribution in [2.75, 3.05) is 13.2 Å². The van der Waals surface area contributed by atoms with Crippen molar-refractivity contribution >= 4 is 39.5 Å². The number of phosphoric ester groups is 1. The molecule has 296 valence electrons. The molecule has 0 bridgehead atoms. The van der Waals surface area contributed by atoms with Crippen LogP contribution in [0.2, 0.25) is 0 Å². The fraction of sp³-hybridized carbons (Fsp3) is 1.00. The zero-order chi connectivity index (χ0) is 38.6. The van der Waals surface area contributed by atoms with Crippen LogP contribution in [0, 0.1) is 0 Å². The molecule has 0 amide bonds. The molecule has 5 atom stereocenters. The van der Waals surface area contributed by atoms with Gasteiger partial charge in [-0.2, -0.15) is 8.62 Å². The first-order chi connectivity index (χ1) is 21.7. The Morgan fingerprint density at radius 2 is 1.00 bits per heavy atom. The lowest BCUT2D eigenvalue weighted by atomic mass is 10.1. The largest absolute Gasteiger partial charge is 0.565 e. The van der Waals surface area contributed by atoms with E-state index < -0.39 is 45.6 Å². The first kappa shape index (κ1) is 55.1. The minimum atomic E-state index is -5.46. The quantitative estimate of drug-likeness (QED) is 0.0293. The first-order valence-corrected chi connectivity index (χ1v) is 21.9. The van der Waals surface area contributed by atoms with E-state index in [-0.39, 0.29) is 20.2 Å². The molecular weight excluding hydrogens is 755 g/mol. The molecule has 0 saturated heterocycles. The summed E-state index contributed by atoms with van der Waals surface area (Å²) in [4.78, 5) is 66.3.